The molecular formula is C22H25FN4O3S. The molecule has 7 nitrogen and oxygen atoms in total. The van der Waals surface area contributed by atoms with Gasteiger partial charge in [-0.15, -0.1) is 0 Å². The Morgan fingerprint density at radius 3 is 2.42 bits per heavy atom. The predicted octanol–water partition coefficient (Wildman–Crippen LogP) is 3.74. The lowest BCUT2D eigenvalue weighted by Crippen LogP contribution is -2.15. The van der Waals surface area contributed by atoms with Crippen molar-refractivity contribution >= 4 is 23.5 Å². The molecule has 164 valence electrons. The van der Waals surface area contributed by atoms with Crippen LogP contribution in [0.1, 0.15) is 25.8 Å². The molecule has 0 unspecified atom stereocenters. The van der Waals surface area contributed by atoms with Gasteiger partial charge in [-0.05, 0) is 55.5 Å². The van der Waals surface area contributed by atoms with Crippen LogP contribution in [0.15, 0.2) is 47.8 Å². The number of aliphatic hydroxyl groups excluding tert-OH is 2. The van der Waals surface area contributed by atoms with Crippen molar-refractivity contribution in [2.75, 3.05) is 24.8 Å². The van der Waals surface area contributed by atoms with Gasteiger partial charge in [0.1, 0.15) is 11.6 Å². The molecule has 2 heterocycles. The quantitative estimate of drug-likeness (QED) is 0.435. The van der Waals surface area contributed by atoms with E-state index in [9.17, 15) is 19.4 Å². The smallest absolute Gasteiger partial charge is 0.222 e. The lowest BCUT2D eigenvalue weighted by atomic mass is 10.0. The van der Waals surface area contributed by atoms with Crippen molar-refractivity contribution in [3.8, 4) is 22.5 Å². The zero-order valence-corrected chi connectivity index (χ0v) is 18.2. The second-order valence-electron chi connectivity index (χ2n) is 6.96. The summed E-state index contributed by atoms with van der Waals surface area (Å²) in [6.07, 6.45) is 4.37. The van der Waals surface area contributed by atoms with Gasteiger partial charge in [0.2, 0.25) is 5.91 Å². The summed E-state index contributed by atoms with van der Waals surface area (Å²) in [6.45, 7) is 1.32. The van der Waals surface area contributed by atoms with Gasteiger partial charge in [-0.25, -0.2) is 14.4 Å². The first kappa shape index (κ1) is 22.9. The van der Waals surface area contributed by atoms with E-state index in [0.29, 0.717) is 29.5 Å². The Balaban J connectivity index is 2.27. The first-order valence-corrected chi connectivity index (χ1v) is 11.1. The van der Waals surface area contributed by atoms with Gasteiger partial charge < -0.3 is 20.1 Å². The molecule has 2 aromatic heterocycles. The number of aromatic nitrogens is 3. The highest BCUT2D eigenvalue weighted by molar-refractivity contribution is 7.98. The van der Waals surface area contributed by atoms with Crippen LogP contribution in [-0.2, 0) is 4.79 Å². The van der Waals surface area contributed by atoms with Crippen molar-refractivity contribution in [2.24, 2.45) is 0 Å². The maximum absolute atomic E-state index is 13.5. The largest absolute Gasteiger partial charge is 0.396 e. The first-order valence-electron chi connectivity index (χ1n) is 9.86. The lowest BCUT2D eigenvalue weighted by molar-refractivity contribution is -0.114. The second kappa shape index (κ2) is 10.5. The van der Waals surface area contributed by atoms with Gasteiger partial charge in [0, 0.05) is 43.5 Å². The monoisotopic (exact) mass is 444 g/mol. The lowest BCUT2D eigenvalue weighted by Gasteiger charge is -2.22. The molecule has 31 heavy (non-hydrogen) atoms. The number of aliphatic hydroxyl groups is 2. The minimum atomic E-state index is -0.342. The summed E-state index contributed by atoms with van der Waals surface area (Å²) in [4.78, 5) is 20.5. The SMILES string of the molecule is CSc1nc(-c2ccc(F)cc2)c(-c2ccnc(NC(C)=O)c2)n1C(CCO)CCO. The third kappa shape index (κ3) is 5.30. The number of rotatable bonds is 9. The van der Waals surface area contributed by atoms with Crippen LogP contribution in [0.3, 0.4) is 0 Å². The van der Waals surface area contributed by atoms with Gasteiger partial charge in [-0.3, -0.25) is 4.79 Å². The summed E-state index contributed by atoms with van der Waals surface area (Å²) in [7, 11) is 0. The van der Waals surface area contributed by atoms with E-state index < -0.39 is 0 Å². The first-order chi connectivity index (χ1) is 15.0. The third-order valence-electron chi connectivity index (χ3n) is 4.81. The number of carbonyl (C=O) groups excluding carboxylic acids is 1. The molecule has 0 atom stereocenters. The third-order valence-corrected chi connectivity index (χ3v) is 5.46. The molecule has 3 rings (SSSR count). The van der Waals surface area contributed by atoms with E-state index >= 15 is 0 Å². The highest BCUT2D eigenvalue weighted by Gasteiger charge is 2.25. The number of carbonyl (C=O) groups is 1. The average molecular weight is 445 g/mol. The standard InChI is InChI=1S/C22H25FN4O3S/c1-14(30)25-19-13-16(7-10-24-19)21-20(15-3-5-17(23)6-4-15)26-22(31-2)27(21)18(8-11-28)9-12-29/h3-7,10,13,18,28-29H,8-9,11-12H2,1-2H3,(H,24,25,30). The van der Waals surface area contributed by atoms with Crippen LogP contribution < -0.4 is 5.32 Å². The van der Waals surface area contributed by atoms with Crippen molar-refractivity contribution < 1.29 is 19.4 Å². The number of amides is 1. The maximum atomic E-state index is 13.5. The number of hydrogen-bond acceptors (Lipinski definition) is 6. The Kier molecular flexibility index (Phi) is 7.78. The molecule has 1 aromatic carbocycles. The minimum absolute atomic E-state index is 0.0462. The number of benzene rings is 1. The normalized spacial score (nSPS) is 11.2. The topological polar surface area (TPSA) is 100 Å². The molecule has 1 amide bonds. The van der Waals surface area contributed by atoms with Gasteiger partial charge in [0.25, 0.3) is 0 Å². The number of pyridine rings is 1. The summed E-state index contributed by atoms with van der Waals surface area (Å²) in [6, 6.07) is 9.45. The fourth-order valence-electron chi connectivity index (χ4n) is 3.51. The summed E-state index contributed by atoms with van der Waals surface area (Å²) in [5, 5.41) is 22.6. The molecule has 0 aliphatic rings. The fourth-order valence-corrected chi connectivity index (χ4v) is 4.13. The van der Waals surface area contributed by atoms with E-state index in [0.717, 1.165) is 16.8 Å². The average Bonchev–Trinajstić information content (AvgIpc) is 3.13. The number of halogens is 1. The number of anilines is 1. The molecule has 3 N–H and O–H groups in total. The molecule has 0 radical (unpaired) electrons. The zero-order valence-electron chi connectivity index (χ0n) is 17.4. The van der Waals surface area contributed by atoms with Crippen molar-refractivity contribution in [1.82, 2.24) is 14.5 Å². The number of thioether (sulfide) groups is 1. The summed E-state index contributed by atoms with van der Waals surface area (Å²) in [5.74, 6) is -0.181. The number of imidazole rings is 1. The van der Waals surface area contributed by atoms with Crippen LogP contribution in [0.5, 0.6) is 0 Å². The minimum Gasteiger partial charge on any atom is -0.396 e. The Bertz CT molecular complexity index is 1030. The second-order valence-corrected chi connectivity index (χ2v) is 7.74. The van der Waals surface area contributed by atoms with E-state index in [2.05, 4.69) is 10.3 Å². The van der Waals surface area contributed by atoms with Crippen LogP contribution in [-0.4, -0.2) is 50.1 Å². The van der Waals surface area contributed by atoms with E-state index in [1.165, 1.54) is 30.8 Å². The number of hydrogen-bond donors (Lipinski definition) is 3. The number of nitrogens with zero attached hydrogens (tertiary/aromatic N) is 3. The van der Waals surface area contributed by atoms with Crippen molar-refractivity contribution in [3.63, 3.8) is 0 Å². The Labute approximate surface area is 184 Å². The van der Waals surface area contributed by atoms with Gasteiger partial charge in [-0.2, -0.15) is 0 Å². The molecule has 0 bridgehead atoms. The zero-order chi connectivity index (χ0) is 22.4. The molecule has 3 aromatic rings. The predicted molar refractivity (Wildman–Crippen MR) is 119 cm³/mol. The van der Waals surface area contributed by atoms with Gasteiger partial charge in [0.15, 0.2) is 5.16 Å². The van der Waals surface area contributed by atoms with Crippen LogP contribution in [0.4, 0.5) is 10.2 Å². The van der Waals surface area contributed by atoms with E-state index in [1.807, 2.05) is 16.9 Å². The van der Waals surface area contributed by atoms with Gasteiger partial charge >= 0.3 is 0 Å². The summed E-state index contributed by atoms with van der Waals surface area (Å²) in [5.41, 5.74) is 2.88. The highest BCUT2D eigenvalue weighted by atomic mass is 32.2. The fraction of sp³-hybridized carbons (Fsp3) is 0.318. The van der Waals surface area contributed by atoms with Crippen molar-refractivity contribution in [1.29, 1.82) is 0 Å². The number of nitrogens with one attached hydrogen (secondary N) is 1. The van der Waals surface area contributed by atoms with Crippen molar-refractivity contribution in [2.45, 2.75) is 31.0 Å². The van der Waals surface area contributed by atoms with Gasteiger partial charge in [0.05, 0.1) is 11.4 Å². The van der Waals surface area contributed by atoms with Gasteiger partial charge in [-0.1, -0.05) is 11.8 Å². The molecule has 0 fully saturated rings. The van der Waals surface area contributed by atoms with Crippen LogP contribution in [0, 0.1) is 5.82 Å². The Morgan fingerprint density at radius 1 is 1.16 bits per heavy atom. The Morgan fingerprint density at radius 2 is 1.84 bits per heavy atom. The van der Waals surface area contributed by atoms with Crippen LogP contribution in [0.25, 0.3) is 22.5 Å². The summed E-state index contributed by atoms with van der Waals surface area (Å²) >= 11 is 1.45. The van der Waals surface area contributed by atoms with E-state index in [1.54, 1.807) is 24.4 Å². The molecular weight excluding hydrogens is 419 g/mol. The van der Waals surface area contributed by atoms with Crippen LogP contribution in [0.2, 0.25) is 0 Å². The highest BCUT2D eigenvalue weighted by Crippen LogP contribution is 2.39. The molecule has 0 aliphatic carbocycles. The molecule has 0 saturated carbocycles. The molecule has 0 aliphatic heterocycles. The van der Waals surface area contributed by atoms with Crippen LogP contribution >= 0.6 is 11.8 Å². The van der Waals surface area contributed by atoms with E-state index in [-0.39, 0.29) is 31.0 Å². The molecule has 0 saturated heterocycles. The maximum Gasteiger partial charge on any atom is 0.222 e. The molecule has 9 heteroatoms. The summed E-state index contributed by atoms with van der Waals surface area (Å²) < 4.78 is 15.5. The van der Waals surface area contributed by atoms with E-state index in [4.69, 9.17) is 4.98 Å². The Hall–Kier alpha value is -2.75. The van der Waals surface area contributed by atoms with Crippen molar-refractivity contribution in [3.05, 3.63) is 48.4 Å². The molecule has 0 spiro atoms.